The van der Waals surface area contributed by atoms with Gasteiger partial charge < -0.3 is 0 Å². The van der Waals surface area contributed by atoms with Crippen molar-refractivity contribution in [2.24, 2.45) is 5.14 Å². The van der Waals surface area contributed by atoms with Crippen LogP contribution in [-0.4, -0.2) is 8.42 Å². The third-order valence-corrected chi connectivity index (χ3v) is 5.10. The molecule has 0 spiro atoms. The second-order valence-electron chi connectivity index (χ2n) is 5.31. The van der Waals surface area contributed by atoms with E-state index in [2.05, 4.69) is 19.9 Å². The van der Waals surface area contributed by atoms with Crippen LogP contribution >= 0.6 is 11.6 Å². The minimum Gasteiger partial charge on any atom is -0.225 e. The number of hydrogen-bond donors (Lipinski definition) is 1. The van der Waals surface area contributed by atoms with Gasteiger partial charge in [0.15, 0.2) is 0 Å². The Bertz CT molecular complexity index is 751. The summed E-state index contributed by atoms with van der Waals surface area (Å²) in [7, 11) is -3.67. The number of rotatable bonds is 5. The third kappa shape index (κ3) is 3.69. The maximum absolute atomic E-state index is 11.4. The summed E-state index contributed by atoms with van der Waals surface area (Å²) in [5, 5.41) is 5.81. The maximum Gasteiger partial charge on any atom is 0.238 e. The highest BCUT2D eigenvalue weighted by Gasteiger charge is 2.15. The summed E-state index contributed by atoms with van der Waals surface area (Å²) in [5.74, 6) is 0.449. The van der Waals surface area contributed by atoms with Gasteiger partial charge in [0, 0.05) is 5.02 Å². The normalized spacial score (nSPS) is 11.9. The van der Waals surface area contributed by atoms with E-state index in [1.54, 1.807) is 12.1 Å². The smallest absolute Gasteiger partial charge is 0.225 e. The molecule has 118 valence electrons. The van der Waals surface area contributed by atoms with Crippen LogP contribution in [0, 0.1) is 0 Å². The fraction of sp³-hybridized carbons (Fsp3) is 0.294. The number of benzene rings is 2. The number of sulfonamides is 1. The van der Waals surface area contributed by atoms with Gasteiger partial charge >= 0.3 is 0 Å². The van der Waals surface area contributed by atoms with Crippen LogP contribution in [-0.2, 0) is 10.0 Å². The molecule has 0 heterocycles. The summed E-state index contributed by atoms with van der Waals surface area (Å²) in [6.07, 6.45) is 2.08. The predicted molar refractivity (Wildman–Crippen MR) is 91.6 cm³/mol. The molecule has 0 saturated carbocycles. The molecule has 2 aromatic carbocycles. The lowest BCUT2D eigenvalue weighted by atomic mass is 9.87. The van der Waals surface area contributed by atoms with Gasteiger partial charge in [0.25, 0.3) is 0 Å². The topological polar surface area (TPSA) is 60.2 Å². The molecule has 2 aromatic rings. The third-order valence-electron chi connectivity index (χ3n) is 3.93. The lowest BCUT2D eigenvalue weighted by Gasteiger charge is -2.18. The van der Waals surface area contributed by atoms with Crippen molar-refractivity contribution in [2.45, 2.75) is 37.5 Å². The molecule has 0 saturated heterocycles. The van der Waals surface area contributed by atoms with E-state index in [4.69, 9.17) is 16.7 Å². The Morgan fingerprint density at radius 2 is 1.64 bits per heavy atom. The van der Waals surface area contributed by atoms with Gasteiger partial charge in [0.2, 0.25) is 10.0 Å². The Balaban J connectivity index is 2.54. The lowest BCUT2D eigenvalue weighted by Crippen LogP contribution is -2.11. The van der Waals surface area contributed by atoms with Gasteiger partial charge in [0.05, 0.1) is 4.90 Å². The highest BCUT2D eigenvalue weighted by molar-refractivity contribution is 7.89. The van der Waals surface area contributed by atoms with Crippen molar-refractivity contribution >= 4 is 21.6 Å². The Labute approximate surface area is 137 Å². The van der Waals surface area contributed by atoms with E-state index in [0.29, 0.717) is 10.9 Å². The van der Waals surface area contributed by atoms with E-state index in [-0.39, 0.29) is 4.90 Å². The molecule has 0 bridgehead atoms. The maximum atomic E-state index is 11.4. The Kier molecular flexibility index (Phi) is 5.27. The lowest BCUT2D eigenvalue weighted by molar-refractivity contribution is 0.598. The van der Waals surface area contributed by atoms with E-state index >= 15 is 0 Å². The Morgan fingerprint density at radius 3 is 2.14 bits per heavy atom. The number of nitrogens with two attached hydrogens (primary N) is 1. The molecule has 0 unspecified atom stereocenters. The predicted octanol–water partition coefficient (Wildman–Crippen LogP) is 4.56. The van der Waals surface area contributed by atoms with Crippen LogP contribution in [0.15, 0.2) is 47.4 Å². The van der Waals surface area contributed by atoms with Crippen LogP contribution in [0.4, 0.5) is 0 Å². The molecule has 0 amide bonds. The standard InChI is InChI=1S/C17H20ClNO2S/c1-3-12(4-2)16-10-7-14(18)11-17(16)13-5-8-15(9-6-13)22(19,20)21/h5-12H,3-4H2,1-2H3,(H2,19,20,21). The van der Waals surface area contributed by atoms with Crippen LogP contribution in [0.5, 0.6) is 0 Å². The van der Waals surface area contributed by atoms with Crippen molar-refractivity contribution in [1.82, 2.24) is 0 Å². The zero-order chi connectivity index (χ0) is 16.3. The quantitative estimate of drug-likeness (QED) is 0.869. The molecule has 3 nitrogen and oxygen atoms in total. The molecule has 0 radical (unpaired) electrons. The summed E-state index contributed by atoms with van der Waals surface area (Å²) >= 11 is 6.15. The van der Waals surface area contributed by atoms with Crippen molar-refractivity contribution in [3.8, 4) is 11.1 Å². The monoisotopic (exact) mass is 337 g/mol. The van der Waals surface area contributed by atoms with E-state index in [0.717, 1.165) is 24.0 Å². The summed E-state index contributed by atoms with van der Waals surface area (Å²) in [4.78, 5) is 0.113. The SMILES string of the molecule is CCC(CC)c1ccc(Cl)cc1-c1ccc(S(N)(=O)=O)cc1. The highest BCUT2D eigenvalue weighted by Crippen LogP contribution is 2.35. The van der Waals surface area contributed by atoms with Gasteiger partial charge in [-0.1, -0.05) is 43.6 Å². The van der Waals surface area contributed by atoms with Gasteiger partial charge in [-0.25, -0.2) is 13.6 Å². The van der Waals surface area contributed by atoms with Crippen molar-refractivity contribution in [2.75, 3.05) is 0 Å². The zero-order valence-corrected chi connectivity index (χ0v) is 14.3. The molecule has 5 heteroatoms. The van der Waals surface area contributed by atoms with Gasteiger partial charge in [-0.3, -0.25) is 0 Å². The second-order valence-corrected chi connectivity index (χ2v) is 7.31. The van der Waals surface area contributed by atoms with Crippen LogP contribution in [0.3, 0.4) is 0 Å². The van der Waals surface area contributed by atoms with Crippen molar-refractivity contribution in [3.05, 3.63) is 53.1 Å². The molecule has 0 atom stereocenters. The first-order valence-corrected chi connectivity index (χ1v) is 9.22. The fourth-order valence-corrected chi connectivity index (χ4v) is 3.37. The second kappa shape index (κ2) is 6.82. The zero-order valence-electron chi connectivity index (χ0n) is 12.7. The molecule has 0 aliphatic carbocycles. The summed E-state index contributed by atoms with van der Waals surface area (Å²) in [5.41, 5.74) is 3.22. The fourth-order valence-electron chi connectivity index (χ4n) is 2.69. The molecule has 2 rings (SSSR count). The van der Waals surface area contributed by atoms with Crippen LogP contribution in [0.2, 0.25) is 5.02 Å². The van der Waals surface area contributed by atoms with E-state index in [9.17, 15) is 8.42 Å². The van der Waals surface area contributed by atoms with Crippen LogP contribution < -0.4 is 5.14 Å². The molecule has 0 aliphatic heterocycles. The molecule has 0 aliphatic rings. The summed E-state index contributed by atoms with van der Waals surface area (Å²) in [6.45, 7) is 4.33. The summed E-state index contributed by atoms with van der Waals surface area (Å²) in [6, 6.07) is 12.5. The number of hydrogen-bond acceptors (Lipinski definition) is 2. The first-order valence-electron chi connectivity index (χ1n) is 7.29. The first-order chi connectivity index (χ1) is 10.4. The highest BCUT2D eigenvalue weighted by atomic mass is 35.5. The van der Waals surface area contributed by atoms with Crippen molar-refractivity contribution in [3.63, 3.8) is 0 Å². The van der Waals surface area contributed by atoms with Crippen molar-refractivity contribution in [1.29, 1.82) is 0 Å². The van der Waals surface area contributed by atoms with Crippen LogP contribution in [0.1, 0.15) is 38.2 Å². The van der Waals surface area contributed by atoms with E-state index in [1.165, 1.54) is 17.7 Å². The minimum absolute atomic E-state index is 0.113. The van der Waals surface area contributed by atoms with Gasteiger partial charge in [-0.2, -0.15) is 0 Å². The first kappa shape index (κ1) is 17.0. The van der Waals surface area contributed by atoms with E-state index in [1.807, 2.05) is 12.1 Å². The Hall–Kier alpha value is -1.36. The largest absolute Gasteiger partial charge is 0.238 e. The summed E-state index contributed by atoms with van der Waals surface area (Å²) < 4.78 is 22.7. The van der Waals surface area contributed by atoms with Crippen molar-refractivity contribution < 1.29 is 8.42 Å². The number of primary sulfonamides is 1. The molecule has 0 fully saturated rings. The molecular formula is C17H20ClNO2S. The average Bonchev–Trinajstić information content (AvgIpc) is 2.49. The number of halogens is 1. The molecule has 0 aromatic heterocycles. The molecular weight excluding hydrogens is 318 g/mol. The average molecular weight is 338 g/mol. The van der Waals surface area contributed by atoms with E-state index < -0.39 is 10.0 Å². The molecule has 2 N–H and O–H groups in total. The van der Waals surface area contributed by atoms with Gasteiger partial charge in [0.1, 0.15) is 0 Å². The Morgan fingerprint density at radius 1 is 1.05 bits per heavy atom. The van der Waals surface area contributed by atoms with Gasteiger partial charge in [-0.15, -0.1) is 0 Å². The van der Waals surface area contributed by atoms with Gasteiger partial charge in [-0.05, 0) is 59.7 Å². The minimum atomic E-state index is -3.67. The molecule has 22 heavy (non-hydrogen) atoms. The van der Waals surface area contributed by atoms with Crippen LogP contribution in [0.25, 0.3) is 11.1 Å².